The maximum atomic E-state index is 12.6. The van der Waals surface area contributed by atoms with E-state index in [2.05, 4.69) is 22.0 Å². The topological polar surface area (TPSA) is 62.3 Å². The number of nitrogens with zero attached hydrogens (tertiary/aromatic N) is 3. The van der Waals surface area contributed by atoms with Gasteiger partial charge in [-0.1, -0.05) is 12.2 Å². The van der Waals surface area contributed by atoms with Crippen molar-refractivity contribution in [3.05, 3.63) is 12.2 Å². The standard InChI is InChI=1S/C19H29N3O4/c1-2-25-11-9-20-5-7-21(8-6-20)10-12-26-22-18(23)16-14-3-4-15(13-14)17(16)19(22)24/h3-4,14-17H,2,5-13H2,1H3/t14-,15+,16?,17?. The molecule has 2 aliphatic carbocycles. The first-order valence-electron chi connectivity index (χ1n) is 9.90. The number of hydroxylamine groups is 2. The molecule has 4 atom stereocenters. The molecule has 26 heavy (non-hydrogen) atoms. The molecule has 3 fully saturated rings. The van der Waals surface area contributed by atoms with Crippen molar-refractivity contribution in [1.82, 2.24) is 14.9 Å². The number of imide groups is 1. The fraction of sp³-hybridized carbons (Fsp3) is 0.789. The van der Waals surface area contributed by atoms with Gasteiger partial charge in [0.2, 0.25) is 0 Å². The predicted molar refractivity (Wildman–Crippen MR) is 94.9 cm³/mol. The van der Waals surface area contributed by atoms with Crippen LogP contribution in [0.3, 0.4) is 0 Å². The zero-order chi connectivity index (χ0) is 18.1. The minimum absolute atomic E-state index is 0.127. The minimum atomic E-state index is -0.175. The van der Waals surface area contributed by atoms with E-state index in [1.54, 1.807) is 0 Å². The number of hydrogen-bond acceptors (Lipinski definition) is 6. The van der Waals surface area contributed by atoms with E-state index in [0.717, 1.165) is 64.0 Å². The van der Waals surface area contributed by atoms with E-state index in [1.807, 2.05) is 6.92 Å². The van der Waals surface area contributed by atoms with Crippen molar-refractivity contribution in [3.63, 3.8) is 0 Å². The second-order valence-electron chi connectivity index (χ2n) is 7.68. The summed E-state index contributed by atoms with van der Waals surface area (Å²) in [7, 11) is 0. The summed E-state index contributed by atoms with van der Waals surface area (Å²) in [6.07, 6.45) is 5.16. The number of ether oxygens (including phenoxy) is 1. The van der Waals surface area contributed by atoms with Crippen molar-refractivity contribution in [1.29, 1.82) is 0 Å². The Labute approximate surface area is 154 Å². The van der Waals surface area contributed by atoms with Crippen LogP contribution in [0.5, 0.6) is 0 Å². The molecule has 2 amide bonds. The average molecular weight is 363 g/mol. The largest absolute Gasteiger partial charge is 0.380 e. The van der Waals surface area contributed by atoms with Crippen LogP contribution in [-0.2, 0) is 19.2 Å². The minimum Gasteiger partial charge on any atom is -0.380 e. The van der Waals surface area contributed by atoms with Gasteiger partial charge in [-0.15, -0.1) is 0 Å². The molecular weight excluding hydrogens is 334 g/mol. The van der Waals surface area contributed by atoms with Gasteiger partial charge < -0.3 is 4.74 Å². The van der Waals surface area contributed by atoms with Crippen molar-refractivity contribution in [3.8, 4) is 0 Å². The first-order chi connectivity index (χ1) is 12.7. The number of allylic oxidation sites excluding steroid dienone is 2. The third-order valence-electron chi connectivity index (χ3n) is 6.28. The lowest BCUT2D eigenvalue weighted by Gasteiger charge is -2.34. The molecule has 7 nitrogen and oxygen atoms in total. The van der Waals surface area contributed by atoms with Crippen LogP contribution >= 0.6 is 0 Å². The summed E-state index contributed by atoms with van der Waals surface area (Å²) in [5.41, 5.74) is 0. The van der Waals surface area contributed by atoms with Crippen LogP contribution in [0.1, 0.15) is 13.3 Å². The summed E-state index contributed by atoms with van der Waals surface area (Å²) >= 11 is 0. The van der Waals surface area contributed by atoms with Gasteiger partial charge in [0.15, 0.2) is 0 Å². The first kappa shape index (κ1) is 18.1. The van der Waals surface area contributed by atoms with Gasteiger partial charge in [-0.25, -0.2) is 0 Å². The molecule has 144 valence electrons. The van der Waals surface area contributed by atoms with Crippen molar-refractivity contribution in [2.24, 2.45) is 23.7 Å². The Morgan fingerprint density at radius 3 is 2.00 bits per heavy atom. The Morgan fingerprint density at radius 2 is 1.46 bits per heavy atom. The molecule has 2 aliphatic heterocycles. The van der Waals surface area contributed by atoms with Crippen LogP contribution in [-0.4, -0.2) is 85.8 Å². The SMILES string of the molecule is CCOCCN1CCN(CCON2C(=O)C3C(C2=O)[C@H]2C=C[C@@H]3C2)CC1. The molecule has 2 unspecified atom stereocenters. The Balaban J connectivity index is 1.18. The Bertz CT molecular complexity index is 543. The van der Waals surface area contributed by atoms with Gasteiger partial charge in [0.25, 0.3) is 11.8 Å². The summed E-state index contributed by atoms with van der Waals surface area (Å²) in [5, 5.41) is 1.07. The van der Waals surface area contributed by atoms with Crippen molar-refractivity contribution in [2.45, 2.75) is 13.3 Å². The van der Waals surface area contributed by atoms with E-state index in [9.17, 15) is 9.59 Å². The Hall–Kier alpha value is -1.28. The smallest absolute Gasteiger partial charge is 0.258 e. The van der Waals surface area contributed by atoms with Gasteiger partial charge in [-0.05, 0) is 25.2 Å². The number of rotatable bonds is 8. The van der Waals surface area contributed by atoms with Crippen LogP contribution in [0.25, 0.3) is 0 Å². The van der Waals surface area contributed by atoms with Gasteiger partial charge in [-0.2, -0.15) is 5.06 Å². The highest BCUT2D eigenvalue weighted by molar-refractivity contribution is 6.05. The summed E-state index contributed by atoms with van der Waals surface area (Å²) < 4.78 is 5.41. The number of fused-ring (bicyclic) bond motifs is 5. The van der Waals surface area contributed by atoms with Crippen molar-refractivity contribution < 1.29 is 19.2 Å². The van der Waals surface area contributed by atoms with Gasteiger partial charge in [0, 0.05) is 45.9 Å². The molecule has 7 heteroatoms. The van der Waals surface area contributed by atoms with Crippen LogP contribution in [0, 0.1) is 23.7 Å². The van der Waals surface area contributed by atoms with Crippen LogP contribution in [0.4, 0.5) is 0 Å². The van der Waals surface area contributed by atoms with Gasteiger partial charge in [0.05, 0.1) is 25.0 Å². The number of hydrogen-bond donors (Lipinski definition) is 0. The molecule has 0 spiro atoms. The number of carbonyl (C=O) groups excluding carboxylic acids is 2. The van der Waals surface area contributed by atoms with E-state index < -0.39 is 0 Å². The molecule has 0 N–H and O–H groups in total. The quantitative estimate of drug-likeness (QED) is 0.353. The highest BCUT2D eigenvalue weighted by Gasteiger charge is 2.60. The molecule has 2 saturated heterocycles. The monoisotopic (exact) mass is 363 g/mol. The fourth-order valence-corrected chi connectivity index (χ4v) is 4.84. The Morgan fingerprint density at radius 1 is 0.923 bits per heavy atom. The molecule has 1 saturated carbocycles. The number of piperazine rings is 1. The average Bonchev–Trinajstić information content (AvgIpc) is 3.33. The summed E-state index contributed by atoms with van der Waals surface area (Å²) in [6, 6.07) is 0. The normalized spacial score (nSPS) is 34.3. The Kier molecular flexibility index (Phi) is 5.40. The molecule has 0 radical (unpaired) electrons. The molecule has 4 aliphatic rings. The van der Waals surface area contributed by atoms with E-state index in [4.69, 9.17) is 9.57 Å². The van der Waals surface area contributed by atoms with E-state index in [0.29, 0.717) is 6.61 Å². The third kappa shape index (κ3) is 3.33. The predicted octanol–water partition coefficient (Wildman–Crippen LogP) is 0.379. The van der Waals surface area contributed by atoms with Crippen molar-refractivity contribution in [2.75, 3.05) is 59.1 Å². The van der Waals surface area contributed by atoms with Crippen LogP contribution < -0.4 is 0 Å². The lowest BCUT2D eigenvalue weighted by Crippen LogP contribution is -2.48. The van der Waals surface area contributed by atoms with E-state index in [1.165, 1.54) is 0 Å². The zero-order valence-electron chi connectivity index (χ0n) is 15.5. The van der Waals surface area contributed by atoms with Gasteiger partial charge in [-0.3, -0.25) is 24.2 Å². The highest BCUT2D eigenvalue weighted by Crippen LogP contribution is 2.52. The van der Waals surface area contributed by atoms with Crippen LogP contribution in [0.15, 0.2) is 12.2 Å². The van der Waals surface area contributed by atoms with E-state index >= 15 is 0 Å². The molecular formula is C19H29N3O4. The number of amides is 2. The molecule has 0 aromatic heterocycles. The fourth-order valence-electron chi connectivity index (χ4n) is 4.84. The van der Waals surface area contributed by atoms with Crippen molar-refractivity contribution >= 4 is 11.8 Å². The summed E-state index contributed by atoms with van der Waals surface area (Å²) in [5.74, 6) is -0.132. The molecule has 4 rings (SSSR count). The zero-order valence-corrected chi connectivity index (χ0v) is 15.5. The van der Waals surface area contributed by atoms with Gasteiger partial charge >= 0.3 is 0 Å². The first-order valence-corrected chi connectivity index (χ1v) is 9.90. The van der Waals surface area contributed by atoms with Gasteiger partial charge in [0.1, 0.15) is 0 Å². The molecule has 0 aromatic carbocycles. The van der Waals surface area contributed by atoms with E-state index in [-0.39, 0.29) is 35.5 Å². The summed E-state index contributed by atoms with van der Waals surface area (Å²) in [4.78, 5) is 35.5. The maximum Gasteiger partial charge on any atom is 0.258 e. The summed E-state index contributed by atoms with van der Waals surface area (Å²) in [6.45, 7) is 9.70. The second-order valence-corrected chi connectivity index (χ2v) is 7.68. The lowest BCUT2D eigenvalue weighted by molar-refractivity contribution is -0.191. The maximum absolute atomic E-state index is 12.6. The molecule has 0 aromatic rings. The molecule has 2 heterocycles. The number of carbonyl (C=O) groups is 2. The lowest BCUT2D eigenvalue weighted by atomic mass is 9.85. The third-order valence-corrected chi connectivity index (χ3v) is 6.28. The second kappa shape index (κ2) is 7.76. The van der Waals surface area contributed by atoms with Crippen LogP contribution in [0.2, 0.25) is 0 Å². The molecule has 2 bridgehead atoms. The highest BCUT2D eigenvalue weighted by atomic mass is 16.7.